The van der Waals surface area contributed by atoms with E-state index in [1.807, 2.05) is 0 Å². The standard InChI is InChI=1S/C14H13FN2O2/c1-17(10-3-2-4-11(18)8-10)14(19)12-6-5-9(16)7-13(12)15/h2-8,18H,16H2,1H3. The van der Waals surface area contributed by atoms with Crippen molar-refractivity contribution in [3.63, 3.8) is 0 Å². The number of phenolic OH excluding ortho intramolecular Hbond substituents is 1. The van der Waals surface area contributed by atoms with Crippen molar-refractivity contribution in [2.45, 2.75) is 0 Å². The zero-order chi connectivity index (χ0) is 14.0. The molecule has 5 heteroatoms. The Kier molecular flexibility index (Phi) is 3.37. The van der Waals surface area contributed by atoms with Crippen LogP contribution >= 0.6 is 0 Å². The Hall–Kier alpha value is -2.56. The number of rotatable bonds is 2. The van der Waals surface area contributed by atoms with E-state index in [0.717, 1.165) is 6.07 Å². The molecule has 0 aliphatic heterocycles. The van der Waals surface area contributed by atoms with Crippen molar-refractivity contribution in [2.75, 3.05) is 17.7 Å². The SMILES string of the molecule is CN(C(=O)c1ccc(N)cc1F)c1cccc(O)c1. The van der Waals surface area contributed by atoms with Crippen LogP contribution in [0.3, 0.4) is 0 Å². The molecular weight excluding hydrogens is 247 g/mol. The van der Waals surface area contributed by atoms with Gasteiger partial charge in [-0.3, -0.25) is 4.79 Å². The summed E-state index contributed by atoms with van der Waals surface area (Å²) in [6.07, 6.45) is 0. The number of nitrogens with two attached hydrogens (primary N) is 1. The van der Waals surface area contributed by atoms with Gasteiger partial charge in [-0.1, -0.05) is 6.07 Å². The van der Waals surface area contributed by atoms with Crippen LogP contribution in [0.25, 0.3) is 0 Å². The van der Waals surface area contributed by atoms with Crippen LogP contribution in [0.1, 0.15) is 10.4 Å². The Morgan fingerprint density at radius 3 is 2.63 bits per heavy atom. The third-order valence-electron chi connectivity index (χ3n) is 2.75. The van der Waals surface area contributed by atoms with Crippen LogP contribution in [0, 0.1) is 5.82 Å². The number of phenols is 1. The van der Waals surface area contributed by atoms with Crippen LogP contribution in [0.4, 0.5) is 15.8 Å². The first-order chi connectivity index (χ1) is 8.99. The van der Waals surface area contributed by atoms with Gasteiger partial charge in [0.05, 0.1) is 5.56 Å². The average Bonchev–Trinajstić information content (AvgIpc) is 2.37. The Balaban J connectivity index is 2.33. The Bertz CT molecular complexity index is 629. The van der Waals surface area contributed by atoms with E-state index in [1.165, 1.54) is 36.2 Å². The quantitative estimate of drug-likeness (QED) is 0.815. The summed E-state index contributed by atoms with van der Waals surface area (Å²) in [4.78, 5) is 13.4. The average molecular weight is 260 g/mol. The van der Waals surface area contributed by atoms with Gasteiger partial charge in [-0.2, -0.15) is 0 Å². The molecule has 0 bridgehead atoms. The predicted octanol–water partition coefficient (Wildman–Crippen LogP) is 2.39. The summed E-state index contributed by atoms with van der Waals surface area (Å²) >= 11 is 0. The first kappa shape index (κ1) is 12.9. The third-order valence-corrected chi connectivity index (χ3v) is 2.75. The van der Waals surface area contributed by atoms with Crippen LogP contribution in [0.2, 0.25) is 0 Å². The molecule has 0 fully saturated rings. The van der Waals surface area contributed by atoms with Gasteiger partial charge in [-0.15, -0.1) is 0 Å². The highest BCUT2D eigenvalue weighted by atomic mass is 19.1. The number of halogens is 1. The molecular formula is C14H13FN2O2. The molecule has 0 aromatic heterocycles. The number of amides is 1. The monoisotopic (exact) mass is 260 g/mol. The fourth-order valence-corrected chi connectivity index (χ4v) is 1.70. The van der Waals surface area contributed by atoms with Gasteiger partial charge in [-0.05, 0) is 30.3 Å². The lowest BCUT2D eigenvalue weighted by Gasteiger charge is -2.18. The molecule has 3 N–H and O–H groups in total. The van der Waals surface area contributed by atoms with Crippen LogP contribution < -0.4 is 10.6 Å². The smallest absolute Gasteiger partial charge is 0.260 e. The summed E-state index contributed by atoms with van der Waals surface area (Å²) in [7, 11) is 1.51. The van der Waals surface area contributed by atoms with Crippen molar-refractivity contribution in [3.8, 4) is 5.75 Å². The summed E-state index contributed by atoms with van der Waals surface area (Å²) in [5.41, 5.74) is 6.10. The van der Waals surface area contributed by atoms with Gasteiger partial charge in [0, 0.05) is 24.5 Å². The van der Waals surface area contributed by atoms with Gasteiger partial charge >= 0.3 is 0 Å². The molecule has 19 heavy (non-hydrogen) atoms. The number of nitrogens with zero attached hydrogens (tertiary/aromatic N) is 1. The van der Waals surface area contributed by atoms with Crippen LogP contribution in [-0.4, -0.2) is 18.1 Å². The number of carbonyl (C=O) groups excluding carboxylic acids is 1. The zero-order valence-corrected chi connectivity index (χ0v) is 10.3. The number of carbonyl (C=O) groups is 1. The molecule has 2 rings (SSSR count). The van der Waals surface area contributed by atoms with E-state index in [9.17, 15) is 14.3 Å². The minimum atomic E-state index is -0.669. The van der Waals surface area contributed by atoms with Crippen molar-refractivity contribution in [1.29, 1.82) is 0 Å². The fraction of sp³-hybridized carbons (Fsp3) is 0.0714. The van der Waals surface area contributed by atoms with Crippen molar-refractivity contribution in [2.24, 2.45) is 0 Å². The predicted molar refractivity (Wildman–Crippen MR) is 71.7 cm³/mol. The molecule has 98 valence electrons. The molecule has 0 radical (unpaired) electrons. The van der Waals surface area contributed by atoms with Gasteiger partial charge in [0.2, 0.25) is 0 Å². The first-order valence-electron chi connectivity index (χ1n) is 5.61. The minimum absolute atomic E-state index is 0.0370. The topological polar surface area (TPSA) is 66.6 Å². The van der Waals surface area contributed by atoms with Crippen molar-refractivity contribution >= 4 is 17.3 Å². The number of nitrogen functional groups attached to an aromatic ring is 1. The van der Waals surface area contributed by atoms with E-state index in [2.05, 4.69) is 0 Å². The molecule has 0 saturated carbocycles. The molecule has 0 atom stereocenters. The van der Waals surface area contributed by atoms with E-state index in [-0.39, 0.29) is 17.0 Å². The lowest BCUT2D eigenvalue weighted by Crippen LogP contribution is -2.27. The number of benzene rings is 2. The maximum absolute atomic E-state index is 13.7. The summed E-state index contributed by atoms with van der Waals surface area (Å²) in [5, 5.41) is 9.38. The number of hydrogen-bond acceptors (Lipinski definition) is 3. The van der Waals surface area contributed by atoms with Gasteiger partial charge in [0.1, 0.15) is 11.6 Å². The maximum atomic E-state index is 13.7. The van der Waals surface area contributed by atoms with Crippen molar-refractivity contribution < 1.29 is 14.3 Å². The van der Waals surface area contributed by atoms with Crippen molar-refractivity contribution in [1.82, 2.24) is 0 Å². The lowest BCUT2D eigenvalue weighted by atomic mass is 10.1. The Morgan fingerprint density at radius 1 is 1.26 bits per heavy atom. The fourth-order valence-electron chi connectivity index (χ4n) is 1.70. The van der Waals surface area contributed by atoms with E-state index in [1.54, 1.807) is 12.1 Å². The summed E-state index contributed by atoms with van der Waals surface area (Å²) in [6, 6.07) is 10.1. The molecule has 2 aromatic rings. The second-order valence-electron chi connectivity index (χ2n) is 4.12. The molecule has 0 saturated heterocycles. The summed E-state index contributed by atoms with van der Waals surface area (Å²) < 4.78 is 13.7. The van der Waals surface area contributed by atoms with E-state index in [4.69, 9.17) is 5.73 Å². The molecule has 0 aliphatic rings. The molecule has 1 amide bonds. The molecule has 0 spiro atoms. The maximum Gasteiger partial charge on any atom is 0.260 e. The summed E-state index contributed by atoms with van der Waals surface area (Å²) in [5.74, 6) is -1.14. The minimum Gasteiger partial charge on any atom is -0.508 e. The van der Waals surface area contributed by atoms with Crippen molar-refractivity contribution in [3.05, 3.63) is 53.8 Å². The normalized spacial score (nSPS) is 10.2. The second kappa shape index (κ2) is 4.97. The Morgan fingerprint density at radius 2 is 2.00 bits per heavy atom. The van der Waals surface area contributed by atoms with E-state index >= 15 is 0 Å². The molecule has 2 aromatic carbocycles. The number of hydrogen-bond donors (Lipinski definition) is 2. The first-order valence-corrected chi connectivity index (χ1v) is 5.61. The molecule has 0 aliphatic carbocycles. The number of aromatic hydroxyl groups is 1. The molecule has 4 nitrogen and oxygen atoms in total. The zero-order valence-electron chi connectivity index (χ0n) is 10.3. The summed E-state index contributed by atoms with van der Waals surface area (Å²) in [6.45, 7) is 0. The number of anilines is 2. The van der Waals surface area contributed by atoms with E-state index < -0.39 is 11.7 Å². The van der Waals surface area contributed by atoms with Crippen LogP contribution in [0.5, 0.6) is 5.75 Å². The third kappa shape index (κ3) is 2.65. The largest absolute Gasteiger partial charge is 0.508 e. The highest BCUT2D eigenvalue weighted by Crippen LogP contribution is 2.22. The lowest BCUT2D eigenvalue weighted by molar-refractivity contribution is 0.0989. The highest BCUT2D eigenvalue weighted by Gasteiger charge is 2.17. The van der Waals surface area contributed by atoms with E-state index in [0.29, 0.717) is 5.69 Å². The van der Waals surface area contributed by atoms with Gasteiger partial charge in [0.25, 0.3) is 5.91 Å². The Labute approximate surface area is 109 Å². The highest BCUT2D eigenvalue weighted by molar-refractivity contribution is 6.06. The van der Waals surface area contributed by atoms with Crippen LogP contribution in [0.15, 0.2) is 42.5 Å². The molecule has 0 heterocycles. The van der Waals surface area contributed by atoms with Gasteiger partial charge in [-0.25, -0.2) is 4.39 Å². The van der Waals surface area contributed by atoms with Gasteiger partial charge < -0.3 is 15.7 Å². The molecule has 0 unspecified atom stereocenters. The van der Waals surface area contributed by atoms with Crippen LogP contribution in [-0.2, 0) is 0 Å². The van der Waals surface area contributed by atoms with Gasteiger partial charge in [0.15, 0.2) is 0 Å². The second-order valence-corrected chi connectivity index (χ2v) is 4.12.